The van der Waals surface area contributed by atoms with E-state index in [-0.39, 0.29) is 30.6 Å². The Kier molecular flexibility index (Phi) is 32.4. The number of hydrogen-bond donors (Lipinski definition) is 0. The Balaban J connectivity index is 4.69. The van der Waals surface area contributed by atoms with Crippen LogP contribution in [0.25, 0.3) is 0 Å². The third-order valence-corrected chi connectivity index (χ3v) is 8.97. The molecule has 0 aliphatic heterocycles. The maximum Gasteiger partial charge on any atom is 0.309 e. The topological polar surface area (TPSA) is 55.8 Å². The van der Waals surface area contributed by atoms with Crippen LogP contribution in [0.3, 0.4) is 0 Å². The van der Waals surface area contributed by atoms with Crippen LogP contribution < -0.4 is 0 Å². The van der Waals surface area contributed by atoms with Gasteiger partial charge in [0.2, 0.25) is 0 Å². The van der Waals surface area contributed by atoms with Crippen molar-refractivity contribution in [1.82, 2.24) is 4.90 Å². The summed E-state index contributed by atoms with van der Waals surface area (Å²) < 4.78 is 11.8. The molecule has 2 atom stereocenters. The second-order valence-electron chi connectivity index (χ2n) is 13.8. The lowest BCUT2D eigenvalue weighted by atomic mass is 9.94. The zero-order valence-electron chi connectivity index (χ0n) is 30.4. The molecule has 0 fully saturated rings. The molecular weight excluding hydrogens is 546 g/mol. The third-order valence-electron chi connectivity index (χ3n) is 8.97. The molecule has 5 nitrogen and oxygen atoms in total. The van der Waals surface area contributed by atoms with E-state index in [4.69, 9.17) is 9.47 Å². The minimum atomic E-state index is -0.321. The van der Waals surface area contributed by atoms with E-state index >= 15 is 0 Å². The molecule has 0 bridgehead atoms. The number of ether oxygens (including phenoxy) is 2. The van der Waals surface area contributed by atoms with Crippen LogP contribution in [0, 0.1) is 5.92 Å². The summed E-state index contributed by atoms with van der Waals surface area (Å²) in [5, 5.41) is 0. The molecule has 0 saturated heterocycles. The Morgan fingerprint density at radius 1 is 0.523 bits per heavy atom. The lowest BCUT2D eigenvalue weighted by Crippen LogP contribution is -2.28. The van der Waals surface area contributed by atoms with Gasteiger partial charge in [-0.15, -0.1) is 0 Å². The molecule has 0 aromatic carbocycles. The molecule has 5 heteroatoms. The first-order valence-corrected chi connectivity index (χ1v) is 19.4. The maximum absolute atomic E-state index is 13.2. The predicted molar refractivity (Wildman–Crippen MR) is 189 cm³/mol. The van der Waals surface area contributed by atoms with Crippen molar-refractivity contribution >= 4 is 11.9 Å². The first-order chi connectivity index (χ1) is 21.4. The highest BCUT2D eigenvalue weighted by Gasteiger charge is 2.22. The summed E-state index contributed by atoms with van der Waals surface area (Å²) in [5.41, 5.74) is 0. The highest BCUT2D eigenvalue weighted by molar-refractivity contribution is 5.72. The summed E-state index contributed by atoms with van der Waals surface area (Å²) in [6.45, 7) is 7.93. The van der Waals surface area contributed by atoms with Gasteiger partial charge in [-0.1, -0.05) is 156 Å². The number of rotatable bonds is 34. The molecule has 262 valence electrons. The minimum Gasteiger partial charge on any atom is -0.462 e. The van der Waals surface area contributed by atoms with Gasteiger partial charge in [-0.25, -0.2) is 0 Å². The van der Waals surface area contributed by atoms with Gasteiger partial charge in [0.1, 0.15) is 12.7 Å². The van der Waals surface area contributed by atoms with Crippen molar-refractivity contribution in [2.45, 2.75) is 207 Å². The van der Waals surface area contributed by atoms with Gasteiger partial charge in [-0.2, -0.15) is 0 Å². The highest BCUT2D eigenvalue weighted by Crippen LogP contribution is 2.21. The molecule has 0 aromatic heterocycles. The first kappa shape index (κ1) is 42.9. The molecule has 0 aromatic rings. The lowest BCUT2D eigenvalue weighted by molar-refractivity contribution is -0.162. The van der Waals surface area contributed by atoms with Crippen LogP contribution in [-0.4, -0.2) is 50.2 Å². The van der Waals surface area contributed by atoms with Crippen molar-refractivity contribution in [2.75, 3.05) is 27.2 Å². The summed E-state index contributed by atoms with van der Waals surface area (Å²) >= 11 is 0. The van der Waals surface area contributed by atoms with Crippen LogP contribution in [-0.2, 0) is 19.1 Å². The smallest absolute Gasteiger partial charge is 0.309 e. The van der Waals surface area contributed by atoms with Gasteiger partial charge in [-0.05, 0) is 59.2 Å². The predicted octanol–water partition coefficient (Wildman–Crippen LogP) is 11.6. The Morgan fingerprint density at radius 3 is 1.41 bits per heavy atom. The fourth-order valence-electron chi connectivity index (χ4n) is 5.99. The Morgan fingerprint density at radius 2 is 0.932 bits per heavy atom. The van der Waals surface area contributed by atoms with Crippen LogP contribution >= 0.6 is 0 Å². The minimum absolute atomic E-state index is 0.0224. The van der Waals surface area contributed by atoms with Crippen molar-refractivity contribution in [3.05, 3.63) is 0 Å². The lowest BCUT2D eigenvalue weighted by Gasteiger charge is -2.21. The van der Waals surface area contributed by atoms with Crippen LogP contribution in [0.1, 0.15) is 201 Å². The van der Waals surface area contributed by atoms with Crippen LogP contribution in [0.4, 0.5) is 0 Å². The fraction of sp³-hybridized carbons (Fsp3) is 0.949. The van der Waals surface area contributed by atoms with Gasteiger partial charge in [0.05, 0.1) is 5.92 Å². The van der Waals surface area contributed by atoms with Crippen LogP contribution in [0.5, 0.6) is 0 Å². The third kappa shape index (κ3) is 29.6. The van der Waals surface area contributed by atoms with E-state index in [1.54, 1.807) is 0 Å². The normalized spacial score (nSPS) is 12.9. The monoisotopic (exact) mass is 624 g/mol. The largest absolute Gasteiger partial charge is 0.462 e. The molecule has 0 N–H and O–H groups in total. The molecule has 2 unspecified atom stereocenters. The maximum atomic E-state index is 13.2. The van der Waals surface area contributed by atoms with Crippen molar-refractivity contribution in [3.8, 4) is 0 Å². The van der Waals surface area contributed by atoms with Crippen LogP contribution in [0.2, 0.25) is 0 Å². The first-order valence-electron chi connectivity index (χ1n) is 19.4. The van der Waals surface area contributed by atoms with Crippen molar-refractivity contribution in [1.29, 1.82) is 0 Å². The van der Waals surface area contributed by atoms with E-state index in [0.29, 0.717) is 6.42 Å². The van der Waals surface area contributed by atoms with Gasteiger partial charge in [0, 0.05) is 6.42 Å². The van der Waals surface area contributed by atoms with E-state index in [1.807, 2.05) is 0 Å². The molecule has 0 heterocycles. The number of hydrogen-bond acceptors (Lipinski definition) is 5. The fourth-order valence-corrected chi connectivity index (χ4v) is 5.99. The molecule has 44 heavy (non-hydrogen) atoms. The Labute approximate surface area is 275 Å². The van der Waals surface area contributed by atoms with E-state index in [2.05, 4.69) is 39.8 Å². The van der Waals surface area contributed by atoms with E-state index < -0.39 is 0 Å². The van der Waals surface area contributed by atoms with Gasteiger partial charge in [-0.3, -0.25) is 9.59 Å². The summed E-state index contributed by atoms with van der Waals surface area (Å²) in [4.78, 5) is 28.0. The Bertz CT molecular complexity index is 623. The molecule has 0 radical (unpaired) electrons. The molecule has 0 aliphatic carbocycles. The number of carbonyl (C=O) groups excluding carboxylic acids is 2. The average Bonchev–Trinajstić information content (AvgIpc) is 3.00. The zero-order valence-corrected chi connectivity index (χ0v) is 30.4. The number of unbranched alkanes of at least 4 members (excludes halogenated alkanes) is 20. The SMILES string of the molecule is CCCCCCCCCCCCC(COC(=O)C(CCCCC)CCCCCCCCCCC)OC(=O)CCCCN(C)C. The van der Waals surface area contributed by atoms with Crippen molar-refractivity contribution in [2.24, 2.45) is 5.92 Å². The number of carbonyl (C=O) groups is 2. The molecule has 0 rings (SSSR count). The quantitative estimate of drug-likeness (QED) is 0.0527. The Hall–Kier alpha value is -1.10. The van der Waals surface area contributed by atoms with Gasteiger partial charge in [0.25, 0.3) is 0 Å². The van der Waals surface area contributed by atoms with Gasteiger partial charge >= 0.3 is 11.9 Å². The number of esters is 2. The standard InChI is InChI=1S/C39H77NO4/c1-6-9-12-14-16-18-20-22-24-27-32-37(44-38(41)33-28-29-34-40(4)5)35-43-39(42)36(30-25-11-8-3)31-26-23-21-19-17-15-13-10-7-2/h36-37H,6-35H2,1-5H3. The second kappa shape index (κ2) is 33.3. The molecule has 0 saturated carbocycles. The summed E-state index contributed by atoms with van der Waals surface area (Å²) in [7, 11) is 4.11. The molecule has 0 aliphatic rings. The zero-order chi connectivity index (χ0) is 32.5. The van der Waals surface area contributed by atoms with Crippen molar-refractivity contribution < 1.29 is 19.1 Å². The molecule has 0 spiro atoms. The van der Waals surface area contributed by atoms with E-state index in [9.17, 15) is 9.59 Å². The molecule has 0 amide bonds. The summed E-state index contributed by atoms with van der Waals surface area (Å²) in [6, 6.07) is 0. The van der Waals surface area contributed by atoms with E-state index in [0.717, 1.165) is 77.2 Å². The van der Waals surface area contributed by atoms with Gasteiger partial charge < -0.3 is 14.4 Å². The van der Waals surface area contributed by atoms with Gasteiger partial charge in [0.15, 0.2) is 0 Å². The molecular formula is C39H77NO4. The second-order valence-corrected chi connectivity index (χ2v) is 13.8. The van der Waals surface area contributed by atoms with E-state index in [1.165, 1.54) is 103 Å². The van der Waals surface area contributed by atoms with Crippen molar-refractivity contribution in [3.63, 3.8) is 0 Å². The van der Waals surface area contributed by atoms with Crippen LogP contribution in [0.15, 0.2) is 0 Å². The average molecular weight is 624 g/mol. The highest BCUT2D eigenvalue weighted by atomic mass is 16.6. The summed E-state index contributed by atoms with van der Waals surface area (Å²) in [5.74, 6) is -0.243. The summed E-state index contributed by atoms with van der Waals surface area (Å²) in [6.07, 6.45) is 32.4. The number of nitrogens with zero attached hydrogens (tertiary/aromatic N) is 1.